The highest BCUT2D eigenvalue weighted by Crippen LogP contribution is 1.98. The maximum atomic E-state index is 11.2. The molecule has 0 aromatic carbocycles. The molecular formula is C8H13N3O2S. The average molecular weight is 215 g/mol. The number of hydrogen-bond donors (Lipinski definition) is 1. The molecule has 1 N–H and O–H groups in total. The number of rotatable bonds is 3. The van der Waals surface area contributed by atoms with Crippen LogP contribution in [-0.4, -0.2) is 52.7 Å². The minimum absolute atomic E-state index is 0.0542. The summed E-state index contributed by atoms with van der Waals surface area (Å²) in [6.45, 7) is 1.76. The number of carbonyl (C=O) groups excluding carboxylic acids is 1. The van der Waals surface area contributed by atoms with Crippen LogP contribution in [0.4, 0.5) is 0 Å². The SMILES string of the molecule is N#CCNC(=O)CN1CCS(=O)CC1. The molecule has 0 spiro atoms. The maximum absolute atomic E-state index is 11.2. The minimum Gasteiger partial charge on any atom is -0.342 e. The van der Waals surface area contributed by atoms with E-state index in [9.17, 15) is 9.00 Å². The van der Waals surface area contributed by atoms with Gasteiger partial charge in [-0.05, 0) is 0 Å². The standard InChI is InChI=1S/C8H13N3O2S/c9-1-2-10-8(12)7-11-3-5-14(13)6-4-11/h2-7H2,(H,10,12). The Labute approximate surface area is 85.5 Å². The van der Waals surface area contributed by atoms with E-state index in [0.717, 1.165) is 0 Å². The predicted molar refractivity (Wildman–Crippen MR) is 52.9 cm³/mol. The van der Waals surface area contributed by atoms with Crippen LogP contribution in [0.3, 0.4) is 0 Å². The number of nitriles is 1. The van der Waals surface area contributed by atoms with Gasteiger partial charge in [-0.25, -0.2) is 0 Å². The van der Waals surface area contributed by atoms with Crippen molar-refractivity contribution in [2.75, 3.05) is 37.7 Å². The van der Waals surface area contributed by atoms with Crippen LogP contribution in [0, 0.1) is 11.3 Å². The van der Waals surface area contributed by atoms with E-state index in [1.807, 2.05) is 11.0 Å². The topological polar surface area (TPSA) is 73.2 Å². The Hall–Kier alpha value is -0.930. The molecule has 5 nitrogen and oxygen atoms in total. The zero-order chi connectivity index (χ0) is 10.4. The smallest absolute Gasteiger partial charge is 0.235 e. The van der Waals surface area contributed by atoms with Crippen molar-refractivity contribution in [1.29, 1.82) is 5.26 Å². The Morgan fingerprint density at radius 1 is 1.50 bits per heavy atom. The number of nitrogens with zero attached hydrogens (tertiary/aromatic N) is 2. The number of carbonyl (C=O) groups is 1. The average Bonchev–Trinajstić information content (AvgIpc) is 2.18. The summed E-state index contributed by atoms with van der Waals surface area (Å²) in [5.41, 5.74) is 0. The third-order valence-electron chi connectivity index (χ3n) is 2.00. The van der Waals surface area contributed by atoms with Crippen molar-refractivity contribution in [3.63, 3.8) is 0 Å². The molecule has 78 valence electrons. The Bertz CT molecular complexity index is 264. The highest BCUT2D eigenvalue weighted by Gasteiger charge is 2.16. The van der Waals surface area contributed by atoms with Gasteiger partial charge in [0.25, 0.3) is 0 Å². The van der Waals surface area contributed by atoms with Gasteiger partial charge in [0.1, 0.15) is 6.54 Å². The van der Waals surface area contributed by atoms with Crippen molar-refractivity contribution < 1.29 is 9.00 Å². The van der Waals surface area contributed by atoms with Crippen LogP contribution < -0.4 is 5.32 Å². The summed E-state index contributed by atoms with van der Waals surface area (Å²) in [6, 6.07) is 1.84. The summed E-state index contributed by atoms with van der Waals surface area (Å²) in [7, 11) is -0.707. The van der Waals surface area contributed by atoms with E-state index in [4.69, 9.17) is 5.26 Å². The van der Waals surface area contributed by atoms with Gasteiger partial charge in [0.15, 0.2) is 0 Å². The van der Waals surface area contributed by atoms with Gasteiger partial charge in [0, 0.05) is 35.4 Å². The van der Waals surface area contributed by atoms with E-state index in [-0.39, 0.29) is 12.5 Å². The predicted octanol–water partition coefficient (Wildman–Crippen LogP) is -1.31. The molecule has 0 radical (unpaired) electrons. The van der Waals surface area contributed by atoms with Crippen LogP contribution in [0.2, 0.25) is 0 Å². The first-order valence-corrected chi connectivity index (χ1v) is 5.92. The van der Waals surface area contributed by atoms with Crippen LogP contribution in [0.15, 0.2) is 0 Å². The lowest BCUT2D eigenvalue weighted by molar-refractivity contribution is -0.121. The molecule has 1 aliphatic heterocycles. The largest absolute Gasteiger partial charge is 0.342 e. The quantitative estimate of drug-likeness (QED) is 0.593. The minimum atomic E-state index is -0.707. The number of amides is 1. The molecule has 1 amide bonds. The molecule has 1 rings (SSSR count). The molecule has 0 aromatic rings. The van der Waals surface area contributed by atoms with Crippen LogP contribution in [0.1, 0.15) is 0 Å². The van der Waals surface area contributed by atoms with Crippen molar-refractivity contribution in [1.82, 2.24) is 10.2 Å². The monoisotopic (exact) mass is 215 g/mol. The second-order valence-corrected chi connectivity index (χ2v) is 4.76. The van der Waals surface area contributed by atoms with Crippen molar-refractivity contribution in [2.45, 2.75) is 0 Å². The molecule has 1 saturated heterocycles. The lowest BCUT2D eigenvalue weighted by Crippen LogP contribution is -2.44. The molecule has 14 heavy (non-hydrogen) atoms. The van der Waals surface area contributed by atoms with Gasteiger partial charge in [-0.1, -0.05) is 0 Å². The molecule has 0 aliphatic carbocycles. The molecule has 1 fully saturated rings. The van der Waals surface area contributed by atoms with Crippen LogP contribution >= 0.6 is 0 Å². The summed E-state index contributed by atoms with van der Waals surface area (Å²) in [6.07, 6.45) is 0. The zero-order valence-corrected chi connectivity index (χ0v) is 8.68. The normalized spacial score (nSPS) is 18.8. The molecule has 1 aliphatic rings. The van der Waals surface area contributed by atoms with Gasteiger partial charge < -0.3 is 5.32 Å². The summed E-state index contributed by atoms with van der Waals surface area (Å²) in [5.74, 6) is 1.15. The highest BCUT2D eigenvalue weighted by molar-refractivity contribution is 7.85. The second-order valence-electron chi connectivity index (χ2n) is 3.06. The fourth-order valence-electron chi connectivity index (χ4n) is 1.23. The van der Waals surface area contributed by atoms with E-state index >= 15 is 0 Å². The van der Waals surface area contributed by atoms with E-state index in [2.05, 4.69) is 5.32 Å². The molecule has 0 saturated carbocycles. The first kappa shape index (κ1) is 11.1. The van der Waals surface area contributed by atoms with E-state index in [1.165, 1.54) is 0 Å². The Morgan fingerprint density at radius 3 is 2.71 bits per heavy atom. The third kappa shape index (κ3) is 3.85. The van der Waals surface area contributed by atoms with Crippen LogP contribution in [-0.2, 0) is 15.6 Å². The van der Waals surface area contributed by atoms with Crippen molar-refractivity contribution >= 4 is 16.7 Å². The zero-order valence-electron chi connectivity index (χ0n) is 7.86. The summed E-state index contributed by atoms with van der Waals surface area (Å²) < 4.78 is 11.0. The number of hydrogen-bond acceptors (Lipinski definition) is 4. The second kappa shape index (κ2) is 5.73. The van der Waals surface area contributed by atoms with Gasteiger partial charge >= 0.3 is 0 Å². The van der Waals surface area contributed by atoms with E-state index in [1.54, 1.807) is 0 Å². The van der Waals surface area contributed by atoms with Gasteiger partial charge in [0.05, 0.1) is 12.6 Å². The summed E-state index contributed by atoms with van der Waals surface area (Å²) >= 11 is 0. The molecule has 6 heteroatoms. The van der Waals surface area contributed by atoms with Crippen molar-refractivity contribution in [3.05, 3.63) is 0 Å². The van der Waals surface area contributed by atoms with Gasteiger partial charge in [0.2, 0.25) is 5.91 Å². The lowest BCUT2D eigenvalue weighted by Gasteiger charge is -2.24. The molecule has 0 unspecified atom stereocenters. The fraction of sp³-hybridized carbons (Fsp3) is 0.750. The number of nitrogens with one attached hydrogen (secondary N) is 1. The maximum Gasteiger partial charge on any atom is 0.235 e. The molecule has 0 bridgehead atoms. The Kier molecular flexibility index (Phi) is 4.56. The van der Waals surface area contributed by atoms with Crippen LogP contribution in [0.25, 0.3) is 0 Å². The third-order valence-corrected chi connectivity index (χ3v) is 3.28. The first-order valence-electron chi connectivity index (χ1n) is 4.43. The van der Waals surface area contributed by atoms with E-state index < -0.39 is 10.8 Å². The van der Waals surface area contributed by atoms with Gasteiger partial charge in [-0.15, -0.1) is 0 Å². The summed E-state index contributed by atoms with van der Waals surface area (Å²) in [5, 5.41) is 10.7. The van der Waals surface area contributed by atoms with Gasteiger partial charge in [-0.3, -0.25) is 13.9 Å². The summed E-state index contributed by atoms with van der Waals surface area (Å²) in [4.78, 5) is 13.1. The van der Waals surface area contributed by atoms with Crippen LogP contribution in [0.5, 0.6) is 0 Å². The molecule has 0 aromatic heterocycles. The lowest BCUT2D eigenvalue weighted by atomic mass is 10.4. The Balaban J connectivity index is 2.21. The van der Waals surface area contributed by atoms with Gasteiger partial charge in [-0.2, -0.15) is 5.26 Å². The highest BCUT2D eigenvalue weighted by atomic mass is 32.2. The first-order chi connectivity index (χ1) is 6.72. The van der Waals surface area contributed by atoms with E-state index in [0.29, 0.717) is 31.1 Å². The van der Waals surface area contributed by atoms with Crippen molar-refractivity contribution in [2.24, 2.45) is 0 Å². The Morgan fingerprint density at radius 2 is 2.14 bits per heavy atom. The fourth-order valence-corrected chi connectivity index (χ4v) is 2.36. The molecule has 0 atom stereocenters. The van der Waals surface area contributed by atoms with Crippen molar-refractivity contribution in [3.8, 4) is 6.07 Å². The molecular weight excluding hydrogens is 202 g/mol. The molecule has 1 heterocycles.